The summed E-state index contributed by atoms with van der Waals surface area (Å²) in [5, 5.41) is 19.0. The van der Waals surface area contributed by atoms with Crippen molar-refractivity contribution >= 4 is 11.8 Å². The Labute approximate surface area is 118 Å². The lowest BCUT2D eigenvalue weighted by atomic mass is 10.1. The Balaban J connectivity index is 1.61. The zero-order valence-electron chi connectivity index (χ0n) is 11.6. The van der Waals surface area contributed by atoms with Gasteiger partial charge in [0.2, 0.25) is 11.8 Å². The van der Waals surface area contributed by atoms with Gasteiger partial charge in [-0.15, -0.1) is 0 Å². The molecule has 0 spiro atoms. The largest absolute Gasteiger partial charge is 0.388 e. The fourth-order valence-electron chi connectivity index (χ4n) is 3.67. The number of β-amino-alcohol motifs (C(OH)–C–C–N with tert-alkyl or cyclic N) is 2. The van der Waals surface area contributed by atoms with Crippen molar-refractivity contribution in [3.8, 4) is 0 Å². The predicted molar refractivity (Wildman–Crippen MR) is 70.7 cm³/mol. The Kier molecular flexibility index (Phi) is 3.69. The molecule has 6 heteroatoms. The molecule has 0 aromatic heterocycles. The van der Waals surface area contributed by atoms with Crippen LogP contribution in [0.15, 0.2) is 0 Å². The summed E-state index contributed by atoms with van der Waals surface area (Å²) in [4.78, 5) is 27.8. The van der Waals surface area contributed by atoms with Gasteiger partial charge in [0.05, 0.1) is 18.1 Å². The second-order valence-electron chi connectivity index (χ2n) is 6.26. The molecule has 0 bridgehead atoms. The lowest BCUT2D eigenvalue weighted by molar-refractivity contribution is -0.135. The molecule has 2 aliphatic heterocycles. The van der Waals surface area contributed by atoms with Crippen LogP contribution >= 0.6 is 0 Å². The first-order valence-corrected chi connectivity index (χ1v) is 7.50. The van der Waals surface area contributed by atoms with E-state index in [0.29, 0.717) is 12.6 Å². The van der Waals surface area contributed by atoms with Crippen molar-refractivity contribution in [1.29, 1.82) is 0 Å². The number of aliphatic hydroxyl groups is 2. The number of amides is 2. The third kappa shape index (κ3) is 2.42. The van der Waals surface area contributed by atoms with Crippen LogP contribution in [-0.2, 0) is 9.59 Å². The zero-order chi connectivity index (χ0) is 14.3. The van der Waals surface area contributed by atoms with E-state index in [1.165, 1.54) is 4.90 Å². The average Bonchev–Trinajstić information content (AvgIpc) is 3.10. The minimum Gasteiger partial charge on any atom is -0.388 e. The second kappa shape index (κ2) is 5.33. The number of aliphatic hydroxyl groups excluding tert-OH is 2. The van der Waals surface area contributed by atoms with Crippen molar-refractivity contribution in [1.82, 2.24) is 9.80 Å². The topological polar surface area (TPSA) is 81.1 Å². The van der Waals surface area contributed by atoms with Crippen LogP contribution in [0.2, 0.25) is 0 Å². The fraction of sp³-hybridized carbons (Fsp3) is 0.857. The van der Waals surface area contributed by atoms with Gasteiger partial charge in [-0.2, -0.15) is 0 Å². The van der Waals surface area contributed by atoms with E-state index in [1.807, 2.05) is 4.90 Å². The molecule has 6 nitrogen and oxygen atoms in total. The zero-order valence-corrected chi connectivity index (χ0v) is 11.6. The second-order valence-corrected chi connectivity index (χ2v) is 6.26. The van der Waals surface area contributed by atoms with E-state index in [9.17, 15) is 19.8 Å². The first kappa shape index (κ1) is 13.8. The summed E-state index contributed by atoms with van der Waals surface area (Å²) in [6.45, 7) is 0.854. The Bertz CT molecular complexity index is 398. The molecule has 2 heterocycles. The van der Waals surface area contributed by atoms with E-state index in [2.05, 4.69) is 0 Å². The van der Waals surface area contributed by atoms with Gasteiger partial charge in [0.15, 0.2) is 0 Å². The summed E-state index contributed by atoms with van der Waals surface area (Å²) < 4.78 is 0. The number of hydrogen-bond acceptors (Lipinski definition) is 4. The highest BCUT2D eigenvalue weighted by Gasteiger charge is 2.42. The Hall–Kier alpha value is -1.14. The molecule has 1 aliphatic carbocycles. The normalized spacial score (nSPS) is 35.3. The maximum absolute atomic E-state index is 12.4. The first-order valence-electron chi connectivity index (χ1n) is 7.50. The molecule has 3 rings (SSSR count). The fourth-order valence-corrected chi connectivity index (χ4v) is 3.67. The van der Waals surface area contributed by atoms with Crippen LogP contribution in [0.25, 0.3) is 0 Å². The monoisotopic (exact) mass is 282 g/mol. The number of likely N-dealkylation sites (tertiary alicyclic amines) is 2. The molecule has 2 N–H and O–H groups in total. The van der Waals surface area contributed by atoms with Crippen molar-refractivity contribution < 1.29 is 19.8 Å². The molecule has 112 valence electrons. The number of nitrogens with zero attached hydrogens (tertiary/aromatic N) is 2. The maximum atomic E-state index is 12.4. The quantitative estimate of drug-likeness (QED) is 0.704. The number of rotatable bonds is 2. The van der Waals surface area contributed by atoms with E-state index in [-0.39, 0.29) is 37.2 Å². The molecular weight excluding hydrogens is 260 g/mol. The molecule has 0 aromatic rings. The Morgan fingerprint density at radius 1 is 1.05 bits per heavy atom. The van der Waals surface area contributed by atoms with Gasteiger partial charge >= 0.3 is 0 Å². The molecule has 3 atom stereocenters. The predicted octanol–water partition coefficient (Wildman–Crippen LogP) is -0.658. The molecule has 2 saturated heterocycles. The van der Waals surface area contributed by atoms with Gasteiger partial charge in [-0.05, 0) is 12.8 Å². The van der Waals surface area contributed by atoms with Gasteiger partial charge in [-0.3, -0.25) is 9.59 Å². The van der Waals surface area contributed by atoms with Gasteiger partial charge in [-0.1, -0.05) is 12.8 Å². The third-order valence-electron chi connectivity index (χ3n) is 4.84. The molecule has 3 unspecified atom stereocenters. The molecule has 0 aromatic carbocycles. The standard InChI is InChI=1S/C14H22N2O4/c17-11-7-15(8-12(11)18)14(20)9-5-13(19)16(6-9)10-3-1-2-4-10/h9-12,17-18H,1-8H2. The van der Waals surface area contributed by atoms with E-state index >= 15 is 0 Å². The first-order chi connectivity index (χ1) is 9.56. The SMILES string of the molecule is O=C(C1CC(=O)N(C2CCCC2)C1)N1CC(O)C(O)C1. The summed E-state index contributed by atoms with van der Waals surface area (Å²) in [5.74, 6) is -0.328. The molecule has 20 heavy (non-hydrogen) atoms. The third-order valence-corrected chi connectivity index (χ3v) is 4.84. The van der Waals surface area contributed by atoms with Crippen LogP contribution < -0.4 is 0 Å². The molecule has 2 amide bonds. The van der Waals surface area contributed by atoms with Crippen LogP contribution in [-0.4, -0.2) is 69.7 Å². The number of hydrogen-bond donors (Lipinski definition) is 2. The minimum absolute atomic E-state index is 0.0792. The summed E-state index contributed by atoms with van der Waals surface area (Å²) in [6, 6.07) is 0.315. The van der Waals surface area contributed by atoms with Gasteiger partial charge in [0, 0.05) is 32.1 Å². The van der Waals surface area contributed by atoms with Crippen LogP contribution in [0.4, 0.5) is 0 Å². The highest BCUT2D eigenvalue weighted by molar-refractivity contribution is 5.89. The Morgan fingerprint density at radius 2 is 1.65 bits per heavy atom. The van der Waals surface area contributed by atoms with Crippen molar-refractivity contribution in [3.05, 3.63) is 0 Å². The van der Waals surface area contributed by atoms with Crippen LogP contribution in [0.1, 0.15) is 32.1 Å². The highest BCUT2D eigenvalue weighted by atomic mass is 16.3. The van der Waals surface area contributed by atoms with E-state index in [1.54, 1.807) is 0 Å². The summed E-state index contributed by atoms with van der Waals surface area (Å²) in [5.41, 5.74) is 0. The molecular formula is C14H22N2O4. The van der Waals surface area contributed by atoms with E-state index in [0.717, 1.165) is 25.7 Å². The van der Waals surface area contributed by atoms with Gasteiger partial charge in [0.1, 0.15) is 0 Å². The molecule has 3 fully saturated rings. The van der Waals surface area contributed by atoms with Gasteiger partial charge in [0.25, 0.3) is 0 Å². The van der Waals surface area contributed by atoms with Crippen molar-refractivity contribution in [2.75, 3.05) is 19.6 Å². The summed E-state index contributed by atoms with van der Waals surface area (Å²) >= 11 is 0. The van der Waals surface area contributed by atoms with Crippen LogP contribution in [0, 0.1) is 5.92 Å². The lowest BCUT2D eigenvalue weighted by Crippen LogP contribution is -2.38. The van der Waals surface area contributed by atoms with E-state index < -0.39 is 12.2 Å². The van der Waals surface area contributed by atoms with Crippen LogP contribution in [0.5, 0.6) is 0 Å². The average molecular weight is 282 g/mol. The minimum atomic E-state index is -0.859. The molecule has 3 aliphatic rings. The maximum Gasteiger partial charge on any atom is 0.228 e. The summed E-state index contributed by atoms with van der Waals surface area (Å²) in [7, 11) is 0. The van der Waals surface area contributed by atoms with Crippen molar-refractivity contribution in [3.63, 3.8) is 0 Å². The van der Waals surface area contributed by atoms with Crippen LogP contribution in [0.3, 0.4) is 0 Å². The molecule has 0 radical (unpaired) electrons. The van der Waals surface area contributed by atoms with E-state index in [4.69, 9.17) is 0 Å². The van der Waals surface area contributed by atoms with Gasteiger partial charge < -0.3 is 20.0 Å². The summed E-state index contributed by atoms with van der Waals surface area (Å²) in [6.07, 6.45) is 2.98. The molecule has 1 saturated carbocycles. The lowest BCUT2D eigenvalue weighted by Gasteiger charge is -2.25. The highest BCUT2D eigenvalue weighted by Crippen LogP contribution is 2.30. The number of carbonyl (C=O) groups excluding carboxylic acids is 2. The Morgan fingerprint density at radius 3 is 2.25 bits per heavy atom. The van der Waals surface area contributed by atoms with Crippen molar-refractivity contribution in [2.24, 2.45) is 5.92 Å². The van der Waals surface area contributed by atoms with Gasteiger partial charge in [-0.25, -0.2) is 0 Å². The number of carbonyl (C=O) groups is 2. The smallest absolute Gasteiger partial charge is 0.228 e. The van der Waals surface area contributed by atoms with Crippen molar-refractivity contribution in [2.45, 2.75) is 50.4 Å².